The molecule has 0 saturated heterocycles. The first-order chi connectivity index (χ1) is 20.3. The largest absolute Gasteiger partial charge is 0.393 e. The Bertz CT molecular complexity index is 1270. The lowest BCUT2D eigenvalue weighted by Crippen LogP contribution is -2.62. The number of nitrogens with one attached hydrogen (secondary N) is 2. The second-order valence-electron chi connectivity index (χ2n) is 14.8. The van der Waals surface area contributed by atoms with Crippen molar-refractivity contribution in [2.24, 2.45) is 52.3 Å². The van der Waals surface area contributed by atoms with E-state index in [0.717, 1.165) is 51.4 Å². The molecule has 0 aromatic heterocycles. The van der Waals surface area contributed by atoms with E-state index < -0.39 is 22.5 Å². The van der Waals surface area contributed by atoms with E-state index in [4.69, 9.17) is 0 Å². The normalized spacial score (nSPS) is 39.6. The Morgan fingerprint density at radius 3 is 2.33 bits per heavy atom. The standard InChI is InChI=1S/C34H52N2O6S/c1-5-24-28-19-22(37)15-17-34(28,4)27-16-18-33(3)25(12-13-26(33)31(27)32(24)40)21(2)11-14-29(38)35-20-30(39)36-43(41,42)23-9-7-6-8-10-23/h6-10,21-22,24-28,31-32,37,40H,5,11-20H2,1-4H3,(H,35,38)(H,36,39)/t21-,22-,24-,25?,26+,27+,28?,31+,32-,33?,34?/m1/s1. The predicted molar refractivity (Wildman–Crippen MR) is 165 cm³/mol. The second-order valence-corrected chi connectivity index (χ2v) is 16.4. The van der Waals surface area contributed by atoms with Gasteiger partial charge in [0.05, 0.1) is 23.6 Å². The molecule has 4 aliphatic carbocycles. The predicted octanol–water partition coefficient (Wildman–Crippen LogP) is 4.65. The van der Waals surface area contributed by atoms with Gasteiger partial charge in [-0.2, -0.15) is 0 Å². The molecule has 4 aliphatic rings. The Morgan fingerprint density at radius 2 is 1.63 bits per heavy atom. The fraction of sp³-hybridized carbons (Fsp3) is 0.765. The van der Waals surface area contributed by atoms with E-state index in [0.29, 0.717) is 41.9 Å². The molecule has 5 rings (SSSR count). The monoisotopic (exact) mass is 616 g/mol. The van der Waals surface area contributed by atoms with Crippen molar-refractivity contribution in [1.29, 1.82) is 0 Å². The third-order valence-corrected chi connectivity index (χ3v) is 14.1. The van der Waals surface area contributed by atoms with Gasteiger partial charge in [-0.05, 0) is 116 Å². The number of hydrogen-bond acceptors (Lipinski definition) is 6. The molecule has 4 unspecified atom stereocenters. The molecular weight excluding hydrogens is 564 g/mol. The zero-order valence-corrected chi connectivity index (χ0v) is 27.1. The first-order valence-electron chi connectivity index (χ1n) is 16.5. The number of aliphatic hydroxyl groups excluding tert-OH is 2. The SMILES string of the molecule is CC[C@@H]1C2C[C@H](O)CCC2(C)[C@H]2CCC3(C)C([C@H](C)CCC(=O)NCC(=O)NS(=O)(=O)c4ccccc4)CC[C@H]3[C@@H]2[C@@H]1O. The number of aliphatic hydroxyl groups is 2. The molecule has 1 aromatic carbocycles. The zero-order valence-electron chi connectivity index (χ0n) is 26.3. The molecule has 4 N–H and O–H groups in total. The van der Waals surface area contributed by atoms with Gasteiger partial charge in [-0.3, -0.25) is 9.59 Å². The molecule has 0 radical (unpaired) electrons. The van der Waals surface area contributed by atoms with Gasteiger partial charge < -0.3 is 15.5 Å². The highest BCUT2D eigenvalue weighted by atomic mass is 32.2. The van der Waals surface area contributed by atoms with Crippen molar-refractivity contribution in [2.75, 3.05) is 6.54 Å². The Labute approximate surface area is 257 Å². The molecule has 0 spiro atoms. The second kappa shape index (κ2) is 12.4. The number of hydrogen-bond donors (Lipinski definition) is 4. The quantitative estimate of drug-likeness (QED) is 0.319. The minimum Gasteiger partial charge on any atom is -0.393 e. The van der Waals surface area contributed by atoms with Gasteiger partial charge in [0.25, 0.3) is 15.9 Å². The molecule has 4 saturated carbocycles. The van der Waals surface area contributed by atoms with Crippen molar-refractivity contribution in [3.63, 3.8) is 0 Å². The van der Waals surface area contributed by atoms with Crippen molar-refractivity contribution in [3.8, 4) is 0 Å². The molecule has 4 fully saturated rings. The summed E-state index contributed by atoms with van der Waals surface area (Å²) >= 11 is 0. The van der Waals surface area contributed by atoms with Gasteiger partial charge in [0.2, 0.25) is 5.91 Å². The Morgan fingerprint density at radius 1 is 0.953 bits per heavy atom. The topological polar surface area (TPSA) is 133 Å². The van der Waals surface area contributed by atoms with Crippen LogP contribution >= 0.6 is 0 Å². The van der Waals surface area contributed by atoms with E-state index >= 15 is 0 Å². The summed E-state index contributed by atoms with van der Waals surface area (Å²) in [4.78, 5) is 24.9. The lowest BCUT2D eigenvalue weighted by molar-refractivity contribution is -0.203. The third-order valence-electron chi connectivity index (χ3n) is 12.7. The van der Waals surface area contributed by atoms with Gasteiger partial charge in [-0.25, -0.2) is 13.1 Å². The summed E-state index contributed by atoms with van der Waals surface area (Å²) in [6.45, 7) is 8.95. The number of benzene rings is 1. The summed E-state index contributed by atoms with van der Waals surface area (Å²) in [5, 5.41) is 25.0. The van der Waals surface area contributed by atoms with Gasteiger partial charge in [-0.1, -0.05) is 52.3 Å². The van der Waals surface area contributed by atoms with E-state index in [9.17, 15) is 28.2 Å². The van der Waals surface area contributed by atoms with Gasteiger partial charge in [0.15, 0.2) is 0 Å². The van der Waals surface area contributed by atoms with Gasteiger partial charge >= 0.3 is 0 Å². The van der Waals surface area contributed by atoms with E-state index in [1.54, 1.807) is 18.2 Å². The molecule has 8 nitrogen and oxygen atoms in total. The molecule has 1 aromatic rings. The minimum absolute atomic E-state index is 0.00155. The Balaban J connectivity index is 1.17. The maximum Gasteiger partial charge on any atom is 0.264 e. The van der Waals surface area contributed by atoms with E-state index in [1.807, 2.05) is 4.72 Å². The van der Waals surface area contributed by atoms with Crippen LogP contribution in [-0.4, -0.2) is 49.2 Å². The number of carbonyl (C=O) groups excluding carboxylic acids is 2. The summed E-state index contributed by atoms with van der Waals surface area (Å²) in [6, 6.07) is 7.67. The number of fused-ring (bicyclic) bond motifs is 5. The lowest BCUT2D eigenvalue weighted by Gasteiger charge is -2.64. The molecule has 9 heteroatoms. The summed E-state index contributed by atoms with van der Waals surface area (Å²) in [7, 11) is -3.97. The van der Waals surface area contributed by atoms with Crippen molar-refractivity contribution < 1.29 is 28.2 Å². The molecule has 0 aliphatic heterocycles. The van der Waals surface area contributed by atoms with E-state index in [-0.39, 0.29) is 46.2 Å². The van der Waals surface area contributed by atoms with Crippen LogP contribution in [0.25, 0.3) is 0 Å². The van der Waals surface area contributed by atoms with E-state index in [1.165, 1.54) is 12.1 Å². The maximum atomic E-state index is 12.7. The molecule has 2 amide bonds. The highest BCUT2D eigenvalue weighted by molar-refractivity contribution is 7.90. The van der Waals surface area contributed by atoms with Crippen molar-refractivity contribution in [2.45, 2.75) is 109 Å². The van der Waals surface area contributed by atoms with Crippen molar-refractivity contribution in [1.82, 2.24) is 10.0 Å². The Kier molecular flexibility index (Phi) is 9.38. The molecular formula is C34H52N2O6S. The Hall–Kier alpha value is -1.97. The lowest BCUT2D eigenvalue weighted by atomic mass is 9.41. The minimum atomic E-state index is -3.97. The van der Waals surface area contributed by atoms with Crippen LogP contribution in [0.5, 0.6) is 0 Å². The highest BCUT2D eigenvalue weighted by Gasteiger charge is 2.64. The molecule has 240 valence electrons. The fourth-order valence-corrected chi connectivity index (χ4v) is 11.6. The maximum absolute atomic E-state index is 12.7. The van der Waals surface area contributed by atoms with Crippen LogP contribution in [-0.2, 0) is 19.6 Å². The number of amides is 2. The van der Waals surface area contributed by atoms with Crippen LogP contribution < -0.4 is 10.0 Å². The third kappa shape index (κ3) is 6.02. The number of carbonyl (C=O) groups is 2. The van der Waals surface area contributed by atoms with Crippen molar-refractivity contribution >= 4 is 21.8 Å². The summed E-state index contributed by atoms with van der Waals surface area (Å²) < 4.78 is 26.8. The van der Waals surface area contributed by atoms with Crippen LogP contribution in [0.2, 0.25) is 0 Å². The van der Waals surface area contributed by atoms with Crippen LogP contribution in [0.4, 0.5) is 0 Å². The van der Waals surface area contributed by atoms with Crippen LogP contribution in [0.15, 0.2) is 35.2 Å². The van der Waals surface area contributed by atoms with Gasteiger partial charge in [0.1, 0.15) is 0 Å². The van der Waals surface area contributed by atoms with Crippen LogP contribution in [0.3, 0.4) is 0 Å². The smallest absolute Gasteiger partial charge is 0.264 e. The number of rotatable bonds is 9. The summed E-state index contributed by atoms with van der Waals surface area (Å²) in [5.74, 6) is 1.65. The average Bonchev–Trinajstić information content (AvgIpc) is 3.33. The molecule has 11 atom stereocenters. The summed E-state index contributed by atoms with van der Waals surface area (Å²) in [5.41, 5.74) is 0.305. The zero-order chi connectivity index (χ0) is 31.2. The molecule has 43 heavy (non-hydrogen) atoms. The first-order valence-corrected chi connectivity index (χ1v) is 18.0. The fourth-order valence-electron chi connectivity index (χ4n) is 10.6. The van der Waals surface area contributed by atoms with Gasteiger partial charge in [0, 0.05) is 6.42 Å². The van der Waals surface area contributed by atoms with Crippen LogP contribution in [0.1, 0.15) is 91.9 Å². The van der Waals surface area contributed by atoms with Crippen molar-refractivity contribution in [3.05, 3.63) is 30.3 Å². The van der Waals surface area contributed by atoms with Gasteiger partial charge in [-0.15, -0.1) is 0 Å². The van der Waals surface area contributed by atoms with Crippen LogP contribution in [0, 0.1) is 52.3 Å². The highest BCUT2D eigenvalue weighted by Crippen LogP contribution is 2.69. The summed E-state index contributed by atoms with van der Waals surface area (Å²) in [6.07, 6.45) is 8.62. The first kappa shape index (κ1) is 32.4. The van der Waals surface area contributed by atoms with E-state index in [2.05, 4.69) is 33.0 Å². The number of sulfonamides is 1. The average molecular weight is 617 g/mol. The molecule has 0 bridgehead atoms. The molecule has 0 heterocycles.